The number of amides is 1. The van der Waals surface area contributed by atoms with Crippen LogP contribution in [0.2, 0.25) is 0 Å². The number of aromatic nitrogens is 3. The van der Waals surface area contributed by atoms with Gasteiger partial charge >= 0.3 is 13.8 Å². The number of halogens is 3. The van der Waals surface area contributed by atoms with Crippen molar-refractivity contribution in [3.05, 3.63) is 64.4 Å². The lowest BCUT2D eigenvalue weighted by atomic mass is 10.2. The van der Waals surface area contributed by atoms with E-state index in [-0.39, 0.29) is 43.2 Å². The molecule has 0 radical (unpaired) electrons. The second-order valence-corrected chi connectivity index (χ2v) is 10.9. The van der Waals surface area contributed by atoms with Crippen LogP contribution in [0.4, 0.5) is 30.6 Å². The van der Waals surface area contributed by atoms with E-state index >= 15 is 0 Å². The third-order valence-electron chi connectivity index (χ3n) is 5.97. The van der Waals surface area contributed by atoms with Crippen LogP contribution in [0.5, 0.6) is 5.75 Å². The molecule has 1 aliphatic rings. The lowest BCUT2D eigenvalue weighted by molar-refractivity contribution is -0.137. The number of alkyl halides is 3. The number of methoxy groups -OCH3 is 1. The second kappa shape index (κ2) is 11.9. The van der Waals surface area contributed by atoms with Gasteiger partial charge in [-0.15, -0.1) is 0 Å². The van der Waals surface area contributed by atoms with Crippen molar-refractivity contribution in [3.8, 4) is 5.75 Å². The monoisotopic (exact) mass is 596 g/mol. The number of rotatable bonds is 10. The van der Waals surface area contributed by atoms with E-state index in [1.54, 1.807) is 32.0 Å². The van der Waals surface area contributed by atoms with Crippen LogP contribution < -0.4 is 15.5 Å². The van der Waals surface area contributed by atoms with Crippen LogP contribution in [-0.2, 0) is 32.5 Å². The van der Waals surface area contributed by atoms with Gasteiger partial charge < -0.3 is 29.2 Å². The zero-order chi connectivity index (χ0) is 29.9. The maximum absolute atomic E-state index is 13.9. The van der Waals surface area contributed by atoms with Crippen molar-refractivity contribution >= 4 is 31.0 Å². The zero-order valence-corrected chi connectivity index (χ0v) is 23.5. The second-order valence-electron chi connectivity index (χ2n) is 8.85. The molecule has 16 heteroatoms. The van der Waals surface area contributed by atoms with Crippen LogP contribution in [-0.4, -0.2) is 58.1 Å². The van der Waals surface area contributed by atoms with Gasteiger partial charge in [-0.1, -0.05) is 6.07 Å². The maximum atomic E-state index is 13.9. The molecule has 0 saturated carbocycles. The molecule has 0 bridgehead atoms. The number of hydrogen-bond donors (Lipinski definition) is 2. The summed E-state index contributed by atoms with van der Waals surface area (Å²) in [4.78, 5) is 25.7. The average molecular weight is 597 g/mol. The van der Waals surface area contributed by atoms with E-state index in [1.165, 1.54) is 31.3 Å². The molecule has 3 heterocycles. The van der Waals surface area contributed by atoms with Crippen molar-refractivity contribution in [1.29, 1.82) is 0 Å². The minimum atomic E-state index is -4.88. The molecule has 220 valence electrons. The average Bonchev–Trinajstić information content (AvgIpc) is 3.19. The molecular weight excluding hydrogens is 568 g/mol. The van der Waals surface area contributed by atoms with Gasteiger partial charge in [-0.2, -0.15) is 22.9 Å². The predicted molar refractivity (Wildman–Crippen MR) is 141 cm³/mol. The van der Waals surface area contributed by atoms with Crippen molar-refractivity contribution < 1.29 is 41.5 Å². The van der Waals surface area contributed by atoms with Gasteiger partial charge in [0, 0.05) is 26.0 Å². The van der Waals surface area contributed by atoms with Crippen LogP contribution in [0.1, 0.15) is 40.9 Å². The van der Waals surface area contributed by atoms with Crippen LogP contribution >= 0.6 is 7.60 Å². The van der Waals surface area contributed by atoms with Gasteiger partial charge in [0.1, 0.15) is 11.3 Å². The Morgan fingerprint density at radius 3 is 2.54 bits per heavy atom. The Morgan fingerprint density at radius 1 is 1.20 bits per heavy atom. The van der Waals surface area contributed by atoms with E-state index in [9.17, 15) is 27.7 Å². The summed E-state index contributed by atoms with van der Waals surface area (Å²) >= 11 is 0. The number of fused-ring (bicyclic) bond motifs is 1. The highest BCUT2D eigenvalue weighted by Crippen LogP contribution is 2.51. The molecule has 3 aromatic rings. The molecule has 1 aliphatic heterocycles. The predicted octanol–water partition coefficient (Wildman–Crippen LogP) is 4.87. The fourth-order valence-corrected chi connectivity index (χ4v) is 5.87. The number of anilines is 2. The third-order valence-corrected chi connectivity index (χ3v) is 8.03. The molecule has 0 saturated heterocycles. The molecule has 1 amide bonds. The van der Waals surface area contributed by atoms with Crippen LogP contribution in [0, 0.1) is 0 Å². The highest BCUT2D eigenvalue weighted by Gasteiger charge is 2.36. The molecule has 0 spiro atoms. The molecule has 2 aromatic heterocycles. The first kappa shape index (κ1) is 30.0. The number of benzene rings is 1. The number of pyridine rings is 1. The van der Waals surface area contributed by atoms with Gasteiger partial charge in [0.15, 0.2) is 11.3 Å². The molecule has 2 N–H and O–H groups in total. The quantitative estimate of drug-likeness (QED) is 0.248. The molecule has 41 heavy (non-hydrogen) atoms. The molecular formula is C25H28F3N6O6P. The van der Waals surface area contributed by atoms with Gasteiger partial charge in [0.2, 0.25) is 5.95 Å². The summed E-state index contributed by atoms with van der Waals surface area (Å²) < 4.78 is 71.1. The minimum Gasteiger partial charge on any atom is -0.495 e. The number of nitrogens with one attached hydrogen (secondary N) is 1. The molecule has 0 aliphatic carbocycles. The topological polar surface area (TPSA) is 140 Å². The Morgan fingerprint density at radius 2 is 1.90 bits per heavy atom. The lowest BCUT2D eigenvalue weighted by Gasteiger charge is -2.18. The normalized spacial score (nSPS) is 14.0. The number of carbonyl (C=O) groups excluding carboxylic acids is 1. The van der Waals surface area contributed by atoms with Crippen LogP contribution in [0.15, 0.2) is 41.7 Å². The summed E-state index contributed by atoms with van der Waals surface area (Å²) in [6.07, 6.45) is -3.18. The smallest absolute Gasteiger partial charge is 0.421 e. The number of nitrogens with zero attached hydrogens (tertiary/aromatic N) is 5. The van der Waals surface area contributed by atoms with Crippen molar-refractivity contribution in [1.82, 2.24) is 19.6 Å². The SMILES string of the molecule is CCOP(=O)(Cc1ccc(Nc2ncc(C(F)(F)F)c(N=c3c4c(ccn3O)CN(C)C4=O)n2)c(OC)c1)OCC. The Hall–Kier alpha value is -3.94. The van der Waals surface area contributed by atoms with Gasteiger partial charge in [0.25, 0.3) is 5.91 Å². The molecule has 0 fully saturated rings. The largest absolute Gasteiger partial charge is 0.495 e. The summed E-state index contributed by atoms with van der Waals surface area (Å²) in [6.45, 7) is 4.00. The summed E-state index contributed by atoms with van der Waals surface area (Å²) in [7, 11) is -0.499. The van der Waals surface area contributed by atoms with Crippen LogP contribution in [0.3, 0.4) is 0 Å². The van der Waals surface area contributed by atoms with E-state index in [4.69, 9.17) is 13.8 Å². The summed E-state index contributed by atoms with van der Waals surface area (Å²) in [5, 5.41) is 13.1. The van der Waals surface area contributed by atoms with Crippen molar-refractivity contribution in [2.75, 3.05) is 32.7 Å². The lowest BCUT2D eigenvalue weighted by Crippen LogP contribution is -2.28. The van der Waals surface area contributed by atoms with Crippen molar-refractivity contribution in [2.24, 2.45) is 4.99 Å². The standard InChI is InChI=1S/C25H28F3N6O6P/c1-5-39-41(37,40-6-2)14-15-7-8-18(19(11-15)38-4)30-24-29-12-17(25(26,27)28)21(32-24)31-22-20-16(9-10-34(22)36)13-33(3)23(20)35/h7-12,36H,5-6,13-14H2,1-4H3,(H,29,30,32). The van der Waals surface area contributed by atoms with Crippen molar-refractivity contribution in [2.45, 2.75) is 32.7 Å². The van der Waals surface area contributed by atoms with Gasteiger partial charge in [0.05, 0.1) is 37.7 Å². The Balaban J connectivity index is 1.74. The minimum absolute atomic E-state index is 0.0262. The first-order chi connectivity index (χ1) is 19.4. The number of ether oxygens (including phenoxy) is 1. The highest BCUT2D eigenvalue weighted by atomic mass is 31.2. The molecule has 0 unspecified atom stereocenters. The van der Waals surface area contributed by atoms with Gasteiger partial charge in [-0.05, 0) is 43.2 Å². The van der Waals surface area contributed by atoms with E-state index in [1.807, 2.05) is 0 Å². The summed E-state index contributed by atoms with van der Waals surface area (Å²) in [5.74, 6) is -1.34. The first-order valence-corrected chi connectivity index (χ1v) is 14.1. The van der Waals surface area contributed by atoms with Crippen molar-refractivity contribution in [3.63, 3.8) is 0 Å². The van der Waals surface area contributed by atoms with E-state index in [2.05, 4.69) is 20.3 Å². The Kier molecular flexibility index (Phi) is 8.71. The fraction of sp³-hybridized carbons (Fsp3) is 0.360. The van der Waals surface area contributed by atoms with E-state index < -0.39 is 36.5 Å². The fourth-order valence-electron chi connectivity index (χ4n) is 4.18. The molecule has 4 rings (SSSR count). The molecule has 0 atom stereocenters. The highest BCUT2D eigenvalue weighted by molar-refractivity contribution is 7.53. The Labute approximate surface area is 232 Å². The molecule has 1 aromatic carbocycles. The molecule has 12 nitrogen and oxygen atoms in total. The van der Waals surface area contributed by atoms with E-state index in [0.717, 1.165) is 0 Å². The number of hydrogen-bond acceptors (Lipinski definition) is 10. The van der Waals surface area contributed by atoms with Gasteiger partial charge in [-0.25, -0.2) is 9.98 Å². The van der Waals surface area contributed by atoms with Gasteiger partial charge in [-0.3, -0.25) is 9.36 Å². The summed E-state index contributed by atoms with van der Waals surface area (Å²) in [6, 6.07) is 6.22. The summed E-state index contributed by atoms with van der Waals surface area (Å²) in [5.41, 5.74) is -0.356. The number of carbonyl (C=O) groups is 1. The maximum Gasteiger partial charge on any atom is 0.421 e. The first-order valence-electron chi connectivity index (χ1n) is 12.4. The zero-order valence-electron chi connectivity index (χ0n) is 22.6. The third kappa shape index (κ3) is 6.53. The van der Waals surface area contributed by atoms with Crippen LogP contribution in [0.25, 0.3) is 0 Å². The van der Waals surface area contributed by atoms with E-state index in [0.29, 0.717) is 27.7 Å². The Bertz CT molecular complexity index is 1570.